The molecule has 5 nitrogen and oxygen atoms in total. The molecule has 4 atom stereocenters. The van der Waals surface area contributed by atoms with Crippen molar-refractivity contribution in [1.82, 2.24) is 4.72 Å². The third-order valence-electron chi connectivity index (χ3n) is 6.16. The number of hydrogen-bond acceptors (Lipinski definition) is 4. The Hall–Kier alpha value is -0.830. The van der Waals surface area contributed by atoms with Gasteiger partial charge in [-0.3, -0.25) is 4.79 Å². The smallest absolute Gasteiger partial charge is 0.465 e. The topological polar surface area (TPSA) is 72.5 Å². The average Bonchev–Trinajstić information content (AvgIpc) is 2.51. The van der Waals surface area contributed by atoms with E-state index in [0.29, 0.717) is 11.8 Å². The van der Waals surface area contributed by atoms with Crippen molar-refractivity contribution < 1.29 is 31.1 Å². The number of nitrogens with one attached hydrogen (secondary N) is 1. The van der Waals surface area contributed by atoms with Gasteiger partial charge in [0.2, 0.25) is 0 Å². The van der Waals surface area contributed by atoms with E-state index >= 15 is 0 Å². The number of rotatable bonds is 6. The van der Waals surface area contributed by atoms with Gasteiger partial charge in [0.25, 0.3) is 0 Å². The maximum absolute atomic E-state index is 12.6. The number of esters is 1. The Balaban J connectivity index is 1.46. The van der Waals surface area contributed by atoms with Gasteiger partial charge in [-0.2, -0.15) is 13.2 Å². The van der Waals surface area contributed by atoms with Crippen molar-refractivity contribution in [3.8, 4) is 0 Å². The molecule has 0 amide bonds. The van der Waals surface area contributed by atoms with Crippen molar-refractivity contribution in [3.05, 3.63) is 0 Å². The number of halogens is 3. The number of fused-ring (bicyclic) bond motifs is 2. The summed E-state index contributed by atoms with van der Waals surface area (Å²) in [6, 6.07) is 0. The molecule has 3 fully saturated rings. The molecule has 3 aliphatic carbocycles. The van der Waals surface area contributed by atoms with E-state index in [2.05, 4.69) is 0 Å². The summed E-state index contributed by atoms with van der Waals surface area (Å²) in [5.74, 6) is 1.67. The quantitative estimate of drug-likeness (QED) is 0.565. The minimum Gasteiger partial charge on any atom is -0.465 e. The van der Waals surface area contributed by atoms with Crippen LogP contribution in [-0.4, -0.2) is 33.0 Å². The van der Waals surface area contributed by atoms with Crippen LogP contribution in [0, 0.1) is 23.2 Å². The molecule has 3 unspecified atom stereocenters. The second kappa shape index (κ2) is 6.72. The lowest BCUT2D eigenvalue weighted by molar-refractivity contribution is -0.168. The maximum atomic E-state index is 12.6. The van der Waals surface area contributed by atoms with Crippen molar-refractivity contribution >= 4 is 16.0 Å². The molecular weight excluding hydrogens is 359 g/mol. The van der Waals surface area contributed by atoms with E-state index in [1.165, 1.54) is 24.0 Å². The highest BCUT2D eigenvalue weighted by molar-refractivity contribution is 7.90. The van der Waals surface area contributed by atoms with Crippen LogP contribution in [0.3, 0.4) is 0 Å². The van der Waals surface area contributed by atoms with E-state index in [-0.39, 0.29) is 19.0 Å². The Morgan fingerprint density at radius 3 is 2.64 bits per heavy atom. The van der Waals surface area contributed by atoms with Crippen LogP contribution in [0.15, 0.2) is 0 Å². The predicted octanol–water partition coefficient (Wildman–Crippen LogP) is 2.97. The highest BCUT2D eigenvalue weighted by Crippen LogP contribution is 2.58. The summed E-state index contributed by atoms with van der Waals surface area (Å²) in [6.45, 7) is -0.477. The molecule has 3 saturated carbocycles. The molecule has 3 aliphatic rings. The Morgan fingerprint density at radius 1 is 1.16 bits per heavy atom. The first-order valence-corrected chi connectivity index (χ1v) is 10.3. The first-order valence-electron chi connectivity index (χ1n) is 8.86. The minimum absolute atomic E-state index is 0.0204. The molecule has 1 N–H and O–H groups in total. The summed E-state index contributed by atoms with van der Waals surface area (Å²) < 4.78 is 65.1. The van der Waals surface area contributed by atoms with Gasteiger partial charge < -0.3 is 4.74 Å². The van der Waals surface area contributed by atoms with Crippen molar-refractivity contribution in [2.45, 2.75) is 56.9 Å². The van der Waals surface area contributed by atoms with Crippen molar-refractivity contribution in [1.29, 1.82) is 0 Å². The molecule has 25 heavy (non-hydrogen) atoms. The van der Waals surface area contributed by atoms with E-state index < -0.39 is 27.5 Å². The third kappa shape index (κ3) is 3.82. The summed E-state index contributed by atoms with van der Waals surface area (Å²) >= 11 is 0. The second-order valence-electron chi connectivity index (χ2n) is 7.76. The van der Waals surface area contributed by atoms with Gasteiger partial charge in [0.15, 0.2) is 0 Å². The molecule has 0 aromatic carbocycles. The summed E-state index contributed by atoms with van der Waals surface area (Å²) in [5.41, 5.74) is -5.74. The zero-order chi connectivity index (χ0) is 18.3. The molecule has 0 spiro atoms. The van der Waals surface area contributed by atoms with Gasteiger partial charge in [0.05, 0.1) is 12.0 Å². The Kier molecular flexibility index (Phi) is 5.09. The van der Waals surface area contributed by atoms with Crippen LogP contribution in [0.25, 0.3) is 0 Å². The normalized spacial score (nSPS) is 34.8. The minimum atomic E-state index is -5.33. The average molecular weight is 383 g/mol. The molecule has 0 radical (unpaired) electrons. The van der Waals surface area contributed by atoms with E-state index in [1.54, 1.807) is 0 Å². The number of alkyl halides is 3. The molecule has 3 rings (SSSR count). The Labute approximate surface area is 145 Å². The van der Waals surface area contributed by atoms with E-state index in [0.717, 1.165) is 31.6 Å². The summed E-state index contributed by atoms with van der Waals surface area (Å²) in [4.78, 5) is 12.6. The van der Waals surface area contributed by atoms with Crippen LogP contribution < -0.4 is 4.72 Å². The number of carbonyl (C=O) groups excluding carboxylic acids is 1. The van der Waals surface area contributed by atoms with Gasteiger partial charge in [0, 0.05) is 6.54 Å². The SMILES string of the molecule is O=C(OCCCNS(=O)(=O)C(F)(F)F)[C@@]12CCC3CCC(CC3C1)C2. The van der Waals surface area contributed by atoms with Crippen LogP contribution >= 0.6 is 0 Å². The highest BCUT2D eigenvalue weighted by Gasteiger charge is 2.53. The van der Waals surface area contributed by atoms with Gasteiger partial charge in [-0.25, -0.2) is 13.1 Å². The van der Waals surface area contributed by atoms with Crippen LogP contribution in [0.4, 0.5) is 13.2 Å². The van der Waals surface area contributed by atoms with Crippen LogP contribution in [0.2, 0.25) is 0 Å². The molecule has 3 bridgehead atoms. The summed E-state index contributed by atoms with van der Waals surface area (Å²) in [6.07, 6.45) is 7.28. The van der Waals surface area contributed by atoms with E-state index in [4.69, 9.17) is 4.74 Å². The first-order chi connectivity index (χ1) is 11.6. The first kappa shape index (κ1) is 18.9. The number of sulfonamides is 1. The fourth-order valence-corrected chi connectivity index (χ4v) is 5.57. The Morgan fingerprint density at radius 2 is 1.92 bits per heavy atom. The van der Waals surface area contributed by atoms with Crippen molar-refractivity contribution in [2.75, 3.05) is 13.2 Å². The standard InChI is InChI=1S/C16H24F3NO4S/c17-16(18,19)25(22,23)20-6-1-7-24-14(21)15-5-4-12-3-2-11(9-15)8-13(12)10-15/h11-13,20H,1-10H2/t11?,12?,13?,15-/m1/s1. The molecule has 144 valence electrons. The lowest BCUT2D eigenvalue weighted by atomic mass is 9.51. The van der Waals surface area contributed by atoms with Gasteiger partial charge in [-0.05, 0) is 62.7 Å². The van der Waals surface area contributed by atoms with Crippen LogP contribution in [0.5, 0.6) is 0 Å². The van der Waals surface area contributed by atoms with Gasteiger partial charge in [-0.1, -0.05) is 6.42 Å². The predicted molar refractivity (Wildman–Crippen MR) is 83.8 cm³/mol. The van der Waals surface area contributed by atoms with Gasteiger partial charge >= 0.3 is 21.5 Å². The van der Waals surface area contributed by atoms with Crippen molar-refractivity contribution in [2.24, 2.45) is 23.2 Å². The van der Waals surface area contributed by atoms with Crippen LogP contribution in [0.1, 0.15) is 51.4 Å². The van der Waals surface area contributed by atoms with E-state index in [1.807, 2.05) is 0 Å². The largest absolute Gasteiger partial charge is 0.511 e. The molecule has 0 aliphatic heterocycles. The zero-order valence-corrected chi connectivity index (χ0v) is 14.8. The van der Waals surface area contributed by atoms with E-state index in [9.17, 15) is 26.4 Å². The van der Waals surface area contributed by atoms with Crippen molar-refractivity contribution in [3.63, 3.8) is 0 Å². The molecule has 0 saturated heterocycles. The summed E-state index contributed by atoms with van der Waals surface area (Å²) in [7, 11) is -5.33. The fourth-order valence-electron chi connectivity index (χ4n) is 4.99. The third-order valence-corrected chi connectivity index (χ3v) is 7.35. The lowest BCUT2D eigenvalue weighted by Crippen LogP contribution is -2.48. The maximum Gasteiger partial charge on any atom is 0.511 e. The lowest BCUT2D eigenvalue weighted by Gasteiger charge is -2.53. The number of carbonyl (C=O) groups is 1. The number of ether oxygens (including phenoxy) is 1. The Bertz CT molecular complexity index is 617. The second-order valence-corrected chi connectivity index (χ2v) is 9.52. The highest BCUT2D eigenvalue weighted by atomic mass is 32.2. The number of hydrogen-bond donors (Lipinski definition) is 1. The molecule has 0 heterocycles. The zero-order valence-electron chi connectivity index (χ0n) is 14.0. The molecule has 0 aromatic rings. The summed E-state index contributed by atoms with van der Waals surface area (Å²) in [5, 5.41) is 0. The fraction of sp³-hybridized carbons (Fsp3) is 0.938. The molecule has 0 aromatic heterocycles. The monoisotopic (exact) mass is 383 g/mol. The molecule has 9 heteroatoms. The van der Waals surface area contributed by atoms with Gasteiger partial charge in [0.1, 0.15) is 0 Å². The van der Waals surface area contributed by atoms with Crippen LogP contribution in [-0.2, 0) is 19.6 Å². The molecular formula is C16H24F3NO4S. The van der Waals surface area contributed by atoms with Gasteiger partial charge in [-0.15, -0.1) is 0 Å².